The summed E-state index contributed by atoms with van der Waals surface area (Å²) in [5.74, 6) is 1.36. The first-order chi connectivity index (χ1) is 9.54. The number of carbonyl (C=O) groups is 1. The van der Waals surface area contributed by atoms with Crippen LogP contribution in [0.2, 0.25) is 0 Å². The van der Waals surface area contributed by atoms with E-state index in [9.17, 15) is 4.79 Å². The molecule has 116 valence electrons. The van der Waals surface area contributed by atoms with E-state index in [1.807, 2.05) is 0 Å². The minimum absolute atomic E-state index is 0.0209. The number of hydrogen-bond donors (Lipinski definition) is 1. The van der Waals surface area contributed by atoms with E-state index in [0.29, 0.717) is 17.7 Å². The molecule has 2 rings (SSSR count). The fourth-order valence-corrected chi connectivity index (χ4v) is 3.49. The molecule has 1 aliphatic carbocycles. The molecule has 0 spiro atoms. The molecule has 2 atom stereocenters. The van der Waals surface area contributed by atoms with Crippen molar-refractivity contribution in [3.63, 3.8) is 0 Å². The van der Waals surface area contributed by atoms with Crippen molar-refractivity contribution in [2.24, 2.45) is 11.8 Å². The molecule has 1 saturated heterocycles. The number of nitrogens with one attached hydrogen (secondary N) is 1. The average molecular weight is 281 g/mol. The normalized spacial score (nSPS) is 28.3. The summed E-state index contributed by atoms with van der Waals surface area (Å²) in [6, 6.07) is 0.0209. The summed E-state index contributed by atoms with van der Waals surface area (Å²) >= 11 is 0. The molecule has 0 bridgehead atoms. The smallest absolute Gasteiger partial charge is 0.241 e. The Morgan fingerprint density at radius 1 is 1.35 bits per heavy atom. The van der Waals surface area contributed by atoms with Gasteiger partial charge in [-0.15, -0.1) is 0 Å². The Morgan fingerprint density at radius 2 is 2.00 bits per heavy atom. The Kier molecular flexibility index (Phi) is 5.44. The van der Waals surface area contributed by atoms with Crippen molar-refractivity contribution >= 4 is 5.91 Å². The highest BCUT2D eigenvalue weighted by molar-refractivity contribution is 5.84. The van der Waals surface area contributed by atoms with Crippen LogP contribution in [0.3, 0.4) is 0 Å². The monoisotopic (exact) mass is 281 g/mol. The number of rotatable bonds is 6. The molecule has 1 aliphatic heterocycles. The van der Waals surface area contributed by atoms with Gasteiger partial charge in [0.25, 0.3) is 0 Å². The number of likely N-dealkylation sites (N-methyl/N-ethyl adjacent to an activating group) is 1. The maximum absolute atomic E-state index is 12.7. The zero-order valence-corrected chi connectivity index (χ0v) is 13.6. The van der Waals surface area contributed by atoms with E-state index in [4.69, 9.17) is 0 Å². The van der Waals surface area contributed by atoms with E-state index >= 15 is 0 Å². The maximum atomic E-state index is 12.7. The van der Waals surface area contributed by atoms with Gasteiger partial charge in [0, 0.05) is 13.1 Å². The van der Waals surface area contributed by atoms with Crippen molar-refractivity contribution in [2.75, 3.05) is 26.7 Å². The van der Waals surface area contributed by atoms with Crippen LogP contribution in [-0.4, -0.2) is 54.6 Å². The van der Waals surface area contributed by atoms with E-state index in [2.05, 4.69) is 42.9 Å². The lowest BCUT2D eigenvalue weighted by molar-refractivity contribution is -0.131. The molecule has 0 aromatic heterocycles. The zero-order valence-electron chi connectivity index (χ0n) is 13.6. The lowest BCUT2D eigenvalue weighted by atomic mass is 10.0. The Bertz CT molecular complexity index is 326. The zero-order chi connectivity index (χ0) is 14.7. The van der Waals surface area contributed by atoms with E-state index in [1.54, 1.807) is 0 Å². The van der Waals surface area contributed by atoms with Gasteiger partial charge in [0.05, 0.1) is 12.2 Å². The summed E-state index contributed by atoms with van der Waals surface area (Å²) in [5, 5.41) is 3.63. The van der Waals surface area contributed by atoms with E-state index < -0.39 is 0 Å². The molecule has 1 heterocycles. The van der Waals surface area contributed by atoms with Crippen LogP contribution in [0, 0.1) is 11.8 Å². The summed E-state index contributed by atoms with van der Waals surface area (Å²) in [5.41, 5.74) is 0. The molecule has 20 heavy (non-hydrogen) atoms. The van der Waals surface area contributed by atoms with Crippen LogP contribution in [0.4, 0.5) is 0 Å². The summed E-state index contributed by atoms with van der Waals surface area (Å²) in [7, 11) is 2.12. The first kappa shape index (κ1) is 15.8. The van der Waals surface area contributed by atoms with Gasteiger partial charge in [0.15, 0.2) is 0 Å². The van der Waals surface area contributed by atoms with Crippen molar-refractivity contribution in [1.29, 1.82) is 0 Å². The van der Waals surface area contributed by atoms with Gasteiger partial charge in [-0.3, -0.25) is 10.1 Å². The van der Waals surface area contributed by atoms with Gasteiger partial charge < -0.3 is 9.80 Å². The first-order valence-corrected chi connectivity index (χ1v) is 8.29. The minimum atomic E-state index is 0.0209. The van der Waals surface area contributed by atoms with Crippen LogP contribution in [-0.2, 0) is 4.79 Å². The SMILES string of the molecule is CCN(C)CCN1C(=O)C(C(C)C)NC1C1CCCC1. The predicted octanol–water partition coefficient (Wildman–Crippen LogP) is 1.91. The van der Waals surface area contributed by atoms with Crippen LogP contribution in [0.15, 0.2) is 0 Å². The molecule has 1 amide bonds. The fraction of sp³-hybridized carbons (Fsp3) is 0.938. The number of hydrogen-bond acceptors (Lipinski definition) is 3. The van der Waals surface area contributed by atoms with E-state index in [0.717, 1.165) is 19.6 Å². The van der Waals surface area contributed by atoms with Crippen molar-refractivity contribution in [3.05, 3.63) is 0 Å². The molecule has 0 aromatic rings. The average Bonchev–Trinajstić information content (AvgIpc) is 3.03. The number of nitrogens with zero attached hydrogens (tertiary/aromatic N) is 2. The Morgan fingerprint density at radius 3 is 2.55 bits per heavy atom. The summed E-state index contributed by atoms with van der Waals surface area (Å²) in [6.07, 6.45) is 5.48. The van der Waals surface area contributed by atoms with Crippen LogP contribution in [0.1, 0.15) is 46.5 Å². The lowest BCUT2D eigenvalue weighted by Gasteiger charge is -2.30. The largest absolute Gasteiger partial charge is 0.324 e. The first-order valence-electron chi connectivity index (χ1n) is 8.29. The molecule has 1 N–H and O–H groups in total. The highest BCUT2D eigenvalue weighted by Gasteiger charge is 2.43. The maximum Gasteiger partial charge on any atom is 0.241 e. The second kappa shape index (κ2) is 6.90. The number of carbonyl (C=O) groups excluding carboxylic acids is 1. The van der Waals surface area contributed by atoms with Gasteiger partial charge in [-0.25, -0.2) is 0 Å². The molecule has 0 radical (unpaired) electrons. The highest BCUT2D eigenvalue weighted by atomic mass is 16.2. The summed E-state index contributed by atoms with van der Waals surface area (Å²) in [4.78, 5) is 17.1. The fourth-order valence-electron chi connectivity index (χ4n) is 3.49. The van der Waals surface area contributed by atoms with Crippen molar-refractivity contribution in [1.82, 2.24) is 15.1 Å². The van der Waals surface area contributed by atoms with Crippen molar-refractivity contribution in [2.45, 2.75) is 58.7 Å². The molecule has 2 fully saturated rings. The summed E-state index contributed by atoms with van der Waals surface area (Å²) in [6.45, 7) is 9.32. The third-order valence-electron chi connectivity index (χ3n) is 5.01. The van der Waals surface area contributed by atoms with Crippen LogP contribution < -0.4 is 5.32 Å². The van der Waals surface area contributed by atoms with E-state index in [1.165, 1.54) is 25.7 Å². The molecule has 2 aliphatic rings. The van der Waals surface area contributed by atoms with Gasteiger partial charge in [-0.1, -0.05) is 33.6 Å². The van der Waals surface area contributed by atoms with Crippen LogP contribution in [0.25, 0.3) is 0 Å². The molecule has 4 nitrogen and oxygen atoms in total. The number of amides is 1. The van der Waals surface area contributed by atoms with Gasteiger partial charge in [0.2, 0.25) is 5.91 Å². The second-order valence-electron chi connectivity index (χ2n) is 6.81. The Labute approximate surface area is 123 Å². The standard InChI is InChI=1S/C16H31N3O/c1-5-18(4)10-11-19-15(13-8-6-7-9-13)17-14(12(2)3)16(19)20/h12-15,17H,5-11H2,1-4H3. The summed E-state index contributed by atoms with van der Waals surface area (Å²) < 4.78 is 0. The molecule has 1 saturated carbocycles. The van der Waals surface area contributed by atoms with Gasteiger partial charge in [-0.2, -0.15) is 0 Å². The second-order valence-corrected chi connectivity index (χ2v) is 6.81. The molecular weight excluding hydrogens is 250 g/mol. The molecular formula is C16H31N3O. The predicted molar refractivity (Wildman–Crippen MR) is 82.4 cm³/mol. The third-order valence-corrected chi connectivity index (χ3v) is 5.01. The minimum Gasteiger partial charge on any atom is -0.324 e. The van der Waals surface area contributed by atoms with Crippen LogP contribution >= 0.6 is 0 Å². The van der Waals surface area contributed by atoms with E-state index in [-0.39, 0.29) is 12.2 Å². The van der Waals surface area contributed by atoms with Crippen LogP contribution in [0.5, 0.6) is 0 Å². The van der Waals surface area contributed by atoms with Crippen molar-refractivity contribution in [3.8, 4) is 0 Å². The Balaban J connectivity index is 2.04. The quantitative estimate of drug-likeness (QED) is 0.808. The molecule has 2 unspecified atom stereocenters. The van der Waals surface area contributed by atoms with Crippen molar-refractivity contribution < 1.29 is 4.79 Å². The molecule has 4 heteroatoms. The third kappa shape index (κ3) is 3.34. The van der Waals surface area contributed by atoms with Gasteiger partial charge >= 0.3 is 0 Å². The van der Waals surface area contributed by atoms with Gasteiger partial charge in [0.1, 0.15) is 0 Å². The molecule has 0 aromatic carbocycles. The topological polar surface area (TPSA) is 35.6 Å². The van der Waals surface area contributed by atoms with Gasteiger partial charge in [-0.05, 0) is 38.3 Å². The highest BCUT2D eigenvalue weighted by Crippen LogP contribution is 2.32. The Hall–Kier alpha value is -0.610. The lowest BCUT2D eigenvalue weighted by Crippen LogP contribution is -2.45.